The standard InChI is InChI=1S/C13H16BrN3O2S2/c1-2-10-12(8-5-11(14)20-6-8)16-17(13(10)15)9-3-4-21(18,19)7-9/h5-6,9H,2-4,7,15H2,1H3. The van der Waals surface area contributed by atoms with Gasteiger partial charge >= 0.3 is 0 Å². The van der Waals surface area contributed by atoms with Gasteiger partial charge in [0.1, 0.15) is 5.82 Å². The van der Waals surface area contributed by atoms with Crippen molar-refractivity contribution in [3.8, 4) is 11.3 Å². The van der Waals surface area contributed by atoms with Crippen LogP contribution in [0.3, 0.4) is 0 Å². The Morgan fingerprint density at radius 2 is 2.33 bits per heavy atom. The van der Waals surface area contributed by atoms with E-state index in [1.807, 2.05) is 18.4 Å². The molecule has 1 unspecified atom stereocenters. The predicted molar refractivity (Wildman–Crippen MR) is 89.3 cm³/mol. The van der Waals surface area contributed by atoms with Crippen LogP contribution in [0, 0.1) is 0 Å². The van der Waals surface area contributed by atoms with E-state index in [2.05, 4.69) is 21.0 Å². The second-order valence-electron chi connectivity index (χ2n) is 5.21. The molecule has 2 N–H and O–H groups in total. The highest BCUT2D eigenvalue weighted by molar-refractivity contribution is 9.11. The Bertz CT molecular complexity index is 779. The summed E-state index contributed by atoms with van der Waals surface area (Å²) in [6, 6.07) is 1.87. The highest BCUT2D eigenvalue weighted by Crippen LogP contribution is 2.35. The van der Waals surface area contributed by atoms with E-state index in [-0.39, 0.29) is 17.5 Å². The molecule has 1 saturated heterocycles. The number of hydrogen-bond acceptors (Lipinski definition) is 5. The van der Waals surface area contributed by atoms with Gasteiger partial charge in [0.05, 0.1) is 27.0 Å². The van der Waals surface area contributed by atoms with Gasteiger partial charge in [0.25, 0.3) is 0 Å². The molecule has 0 spiro atoms. The largest absolute Gasteiger partial charge is 0.384 e. The number of thiophene rings is 1. The van der Waals surface area contributed by atoms with Gasteiger partial charge in [0.2, 0.25) is 0 Å². The maximum Gasteiger partial charge on any atom is 0.152 e. The van der Waals surface area contributed by atoms with Gasteiger partial charge in [0.15, 0.2) is 9.84 Å². The second kappa shape index (κ2) is 5.40. The number of rotatable bonds is 3. The average Bonchev–Trinajstić information content (AvgIpc) is 3.07. The van der Waals surface area contributed by atoms with Crippen molar-refractivity contribution in [3.05, 3.63) is 20.8 Å². The minimum Gasteiger partial charge on any atom is -0.384 e. The number of nitrogens with two attached hydrogens (primary N) is 1. The fraction of sp³-hybridized carbons (Fsp3) is 0.462. The molecule has 1 aliphatic rings. The van der Waals surface area contributed by atoms with Crippen LogP contribution in [0.25, 0.3) is 11.3 Å². The van der Waals surface area contributed by atoms with E-state index in [0.29, 0.717) is 12.2 Å². The third-order valence-corrected chi connectivity index (χ3v) is 7.05. The highest BCUT2D eigenvalue weighted by atomic mass is 79.9. The van der Waals surface area contributed by atoms with Gasteiger partial charge in [-0.25, -0.2) is 13.1 Å². The van der Waals surface area contributed by atoms with Gasteiger partial charge in [-0.05, 0) is 34.8 Å². The molecule has 1 aliphatic heterocycles. The zero-order chi connectivity index (χ0) is 15.2. The number of nitrogens with zero attached hydrogens (tertiary/aromatic N) is 2. The minimum absolute atomic E-state index is 0.134. The lowest BCUT2D eigenvalue weighted by Gasteiger charge is -2.10. The molecule has 2 aromatic heterocycles. The van der Waals surface area contributed by atoms with Crippen molar-refractivity contribution in [1.82, 2.24) is 9.78 Å². The van der Waals surface area contributed by atoms with E-state index in [0.717, 1.165) is 27.0 Å². The van der Waals surface area contributed by atoms with Gasteiger partial charge in [-0.1, -0.05) is 6.92 Å². The molecule has 3 heterocycles. The van der Waals surface area contributed by atoms with Crippen molar-refractivity contribution in [3.63, 3.8) is 0 Å². The summed E-state index contributed by atoms with van der Waals surface area (Å²) in [4.78, 5) is 0. The summed E-state index contributed by atoms with van der Waals surface area (Å²) in [6.45, 7) is 2.04. The fourth-order valence-electron chi connectivity index (χ4n) is 2.74. The fourth-order valence-corrected chi connectivity index (χ4v) is 5.58. The molecule has 0 aromatic carbocycles. The summed E-state index contributed by atoms with van der Waals surface area (Å²) in [5.74, 6) is 0.948. The molecule has 3 rings (SSSR count). The zero-order valence-electron chi connectivity index (χ0n) is 11.5. The first-order chi connectivity index (χ1) is 9.91. The molecule has 1 fully saturated rings. The first-order valence-corrected chi connectivity index (χ1v) is 10.2. The molecule has 21 heavy (non-hydrogen) atoms. The molecule has 0 radical (unpaired) electrons. The molecule has 0 aliphatic carbocycles. The number of aromatic nitrogens is 2. The van der Waals surface area contributed by atoms with Crippen molar-refractivity contribution >= 4 is 42.9 Å². The van der Waals surface area contributed by atoms with Crippen molar-refractivity contribution in [2.24, 2.45) is 0 Å². The Kier molecular flexibility index (Phi) is 3.87. The lowest BCUT2D eigenvalue weighted by molar-refractivity contribution is 0.508. The van der Waals surface area contributed by atoms with Crippen molar-refractivity contribution < 1.29 is 8.42 Å². The van der Waals surface area contributed by atoms with E-state index < -0.39 is 9.84 Å². The van der Waals surface area contributed by atoms with Crippen LogP contribution in [0.4, 0.5) is 5.82 Å². The molecule has 2 aromatic rings. The summed E-state index contributed by atoms with van der Waals surface area (Å²) in [5.41, 5.74) is 9.10. The van der Waals surface area contributed by atoms with Gasteiger partial charge < -0.3 is 5.73 Å². The maximum atomic E-state index is 11.7. The predicted octanol–water partition coefficient (Wildman–Crippen LogP) is 2.88. The Morgan fingerprint density at radius 3 is 2.86 bits per heavy atom. The number of halogens is 1. The first-order valence-electron chi connectivity index (χ1n) is 6.73. The van der Waals surface area contributed by atoms with Crippen LogP contribution < -0.4 is 5.73 Å². The van der Waals surface area contributed by atoms with Gasteiger partial charge in [-0.15, -0.1) is 11.3 Å². The van der Waals surface area contributed by atoms with Crippen LogP contribution in [0.2, 0.25) is 0 Å². The molecule has 0 amide bonds. The number of hydrogen-bond donors (Lipinski definition) is 1. The number of sulfone groups is 1. The minimum atomic E-state index is -2.95. The Morgan fingerprint density at radius 1 is 1.57 bits per heavy atom. The molecule has 0 bridgehead atoms. The van der Waals surface area contributed by atoms with Crippen LogP contribution in [0.5, 0.6) is 0 Å². The summed E-state index contributed by atoms with van der Waals surface area (Å²) in [6.07, 6.45) is 1.36. The van der Waals surface area contributed by atoms with Crippen LogP contribution in [0.15, 0.2) is 15.2 Å². The average molecular weight is 390 g/mol. The van der Waals surface area contributed by atoms with Crippen LogP contribution >= 0.6 is 27.3 Å². The molecule has 1 atom stereocenters. The van der Waals surface area contributed by atoms with E-state index in [4.69, 9.17) is 5.73 Å². The van der Waals surface area contributed by atoms with Gasteiger partial charge in [-0.2, -0.15) is 5.10 Å². The van der Waals surface area contributed by atoms with E-state index >= 15 is 0 Å². The Hall–Kier alpha value is -0.860. The topological polar surface area (TPSA) is 78.0 Å². The molecule has 114 valence electrons. The van der Waals surface area contributed by atoms with Crippen LogP contribution in [0.1, 0.15) is 24.9 Å². The normalized spacial score (nSPS) is 21.0. The quantitative estimate of drug-likeness (QED) is 0.874. The maximum absolute atomic E-state index is 11.7. The molecular weight excluding hydrogens is 374 g/mol. The van der Waals surface area contributed by atoms with Gasteiger partial charge in [0, 0.05) is 16.5 Å². The second-order valence-corrected chi connectivity index (χ2v) is 9.73. The summed E-state index contributed by atoms with van der Waals surface area (Å²) < 4.78 is 26.1. The van der Waals surface area contributed by atoms with Crippen LogP contribution in [-0.4, -0.2) is 29.7 Å². The van der Waals surface area contributed by atoms with Crippen LogP contribution in [-0.2, 0) is 16.3 Å². The molecule has 0 saturated carbocycles. The SMILES string of the molecule is CCc1c(-c2csc(Br)c2)nn(C2CCS(=O)(=O)C2)c1N. The summed E-state index contributed by atoms with van der Waals surface area (Å²) in [7, 11) is -2.95. The van der Waals surface area contributed by atoms with E-state index in [9.17, 15) is 8.42 Å². The van der Waals surface area contributed by atoms with Crippen molar-refractivity contribution in [2.45, 2.75) is 25.8 Å². The smallest absolute Gasteiger partial charge is 0.152 e. The van der Waals surface area contributed by atoms with Crippen molar-refractivity contribution in [2.75, 3.05) is 17.2 Å². The van der Waals surface area contributed by atoms with E-state index in [1.54, 1.807) is 16.0 Å². The van der Waals surface area contributed by atoms with Gasteiger partial charge in [-0.3, -0.25) is 0 Å². The number of anilines is 1. The van der Waals surface area contributed by atoms with E-state index in [1.165, 1.54) is 0 Å². The Balaban J connectivity index is 2.06. The summed E-state index contributed by atoms with van der Waals surface area (Å²) >= 11 is 5.05. The lowest BCUT2D eigenvalue weighted by atomic mass is 10.1. The Labute approximate surface area is 136 Å². The third kappa shape index (κ3) is 2.76. The first kappa shape index (κ1) is 15.1. The molecule has 5 nitrogen and oxygen atoms in total. The van der Waals surface area contributed by atoms with Crippen molar-refractivity contribution in [1.29, 1.82) is 0 Å². The number of nitrogen functional groups attached to an aromatic ring is 1. The third-order valence-electron chi connectivity index (χ3n) is 3.80. The lowest BCUT2D eigenvalue weighted by Crippen LogP contribution is -2.15. The zero-order valence-corrected chi connectivity index (χ0v) is 14.8. The highest BCUT2D eigenvalue weighted by Gasteiger charge is 2.32. The molecular formula is C13H16BrN3O2S2. The monoisotopic (exact) mass is 389 g/mol. The molecule has 8 heteroatoms. The summed E-state index contributed by atoms with van der Waals surface area (Å²) in [5, 5.41) is 6.65.